The number of hydrogen-bond donors (Lipinski definition) is 1. The predicted octanol–water partition coefficient (Wildman–Crippen LogP) is 4.81. The zero-order chi connectivity index (χ0) is 26.1. The SMILES string of the molecule is CCOc1ccc(N(CC(=O)NCCOc2ccc(C)c(C)c2)S(=O)(=O)c2ccc(SC)cc2)cc1. The van der Waals surface area contributed by atoms with Crippen molar-refractivity contribution in [3.8, 4) is 11.5 Å². The predicted molar refractivity (Wildman–Crippen MR) is 145 cm³/mol. The molecule has 3 aromatic carbocycles. The number of thioether (sulfide) groups is 1. The first-order valence-corrected chi connectivity index (χ1v) is 14.3. The molecule has 7 nitrogen and oxygen atoms in total. The van der Waals surface area contributed by atoms with Crippen LogP contribution in [0, 0.1) is 13.8 Å². The number of nitrogens with zero attached hydrogens (tertiary/aromatic N) is 1. The molecule has 0 aromatic heterocycles. The molecule has 3 rings (SSSR count). The third kappa shape index (κ3) is 7.18. The number of rotatable bonds is 12. The van der Waals surface area contributed by atoms with E-state index in [1.54, 1.807) is 48.5 Å². The summed E-state index contributed by atoms with van der Waals surface area (Å²) in [5, 5.41) is 2.75. The van der Waals surface area contributed by atoms with Crippen molar-refractivity contribution >= 4 is 33.4 Å². The Morgan fingerprint density at radius 1 is 0.917 bits per heavy atom. The Morgan fingerprint density at radius 3 is 2.19 bits per heavy atom. The summed E-state index contributed by atoms with van der Waals surface area (Å²) in [6.07, 6.45) is 1.92. The molecule has 0 spiro atoms. The van der Waals surface area contributed by atoms with Crippen LogP contribution < -0.4 is 19.1 Å². The smallest absolute Gasteiger partial charge is 0.264 e. The fourth-order valence-corrected chi connectivity index (χ4v) is 5.24. The summed E-state index contributed by atoms with van der Waals surface area (Å²) < 4.78 is 39.4. The van der Waals surface area contributed by atoms with E-state index in [4.69, 9.17) is 9.47 Å². The molecule has 0 atom stereocenters. The summed E-state index contributed by atoms with van der Waals surface area (Å²) in [7, 11) is -3.99. The molecule has 0 radical (unpaired) electrons. The molecule has 0 saturated heterocycles. The highest BCUT2D eigenvalue weighted by Crippen LogP contribution is 2.27. The van der Waals surface area contributed by atoms with Crippen LogP contribution in [0.1, 0.15) is 18.1 Å². The van der Waals surface area contributed by atoms with Gasteiger partial charge in [0.05, 0.1) is 23.7 Å². The van der Waals surface area contributed by atoms with Crippen LogP contribution in [0.2, 0.25) is 0 Å². The molecule has 0 heterocycles. The first kappa shape index (κ1) is 27.4. The van der Waals surface area contributed by atoms with E-state index in [1.807, 2.05) is 45.2 Å². The standard InChI is InChI=1S/C27H32N2O5S2/c1-5-33-23-10-7-22(8-11-23)29(36(31,32)26-14-12-25(35-4)13-15-26)19-27(30)28-16-17-34-24-9-6-20(2)21(3)18-24/h6-15,18H,5,16-17,19H2,1-4H3,(H,28,30). The van der Waals surface area contributed by atoms with E-state index in [1.165, 1.54) is 17.3 Å². The minimum Gasteiger partial charge on any atom is -0.494 e. The summed E-state index contributed by atoms with van der Waals surface area (Å²) in [5.41, 5.74) is 2.67. The molecule has 36 heavy (non-hydrogen) atoms. The number of sulfonamides is 1. The van der Waals surface area contributed by atoms with Crippen molar-refractivity contribution in [2.45, 2.75) is 30.6 Å². The Morgan fingerprint density at radius 2 is 1.58 bits per heavy atom. The third-order valence-electron chi connectivity index (χ3n) is 5.54. The number of benzene rings is 3. The van der Waals surface area contributed by atoms with Crippen LogP contribution in [-0.4, -0.2) is 46.9 Å². The van der Waals surface area contributed by atoms with Gasteiger partial charge in [-0.05, 0) is 98.8 Å². The van der Waals surface area contributed by atoms with Gasteiger partial charge in [-0.3, -0.25) is 9.10 Å². The molecular weight excluding hydrogens is 496 g/mol. The molecule has 192 valence electrons. The number of hydrogen-bond acceptors (Lipinski definition) is 6. The summed E-state index contributed by atoms with van der Waals surface area (Å²) in [6.45, 7) is 6.54. The van der Waals surface area contributed by atoms with Gasteiger partial charge in [-0.1, -0.05) is 6.07 Å². The van der Waals surface area contributed by atoms with E-state index in [0.29, 0.717) is 18.0 Å². The van der Waals surface area contributed by atoms with Crippen molar-refractivity contribution in [3.05, 3.63) is 77.9 Å². The lowest BCUT2D eigenvalue weighted by Gasteiger charge is -2.24. The van der Waals surface area contributed by atoms with E-state index in [9.17, 15) is 13.2 Å². The van der Waals surface area contributed by atoms with Gasteiger partial charge in [0, 0.05) is 4.90 Å². The summed E-state index contributed by atoms with van der Waals surface area (Å²) in [4.78, 5) is 13.8. The van der Waals surface area contributed by atoms with Crippen LogP contribution in [0.3, 0.4) is 0 Å². The molecule has 3 aromatic rings. The van der Waals surface area contributed by atoms with Gasteiger partial charge >= 0.3 is 0 Å². The Labute approximate surface area is 217 Å². The number of aryl methyl sites for hydroxylation is 2. The summed E-state index contributed by atoms with van der Waals surface area (Å²) in [6, 6.07) is 19.1. The molecule has 0 bridgehead atoms. The van der Waals surface area contributed by atoms with Gasteiger partial charge in [0.15, 0.2) is 0 Å². The maximum absolute atomic E-state index is 13.5. The van der Waals surface area contributed by atoms with Gasteiger partial charge in [0.2, 0.25) is 5.91 Å². The Balaban J connectivity index is 1.72. The Kier molecular flexibility index (Phi) is 9.66. The van der Waals surface area contributed by atoms with Crippen LogP contribution >= 0.6 is 11.8 Å². The van der Waals surface area contributed by atoms with E-state index >= 15 is 0 Å². The number of ether oxygens (including phenoxy) is 2. The van der Waals surface area contributed by atoms with E-state index in [-0.39, 0.29) is 24.6 Å². The van der Waals surface area contributed by atoms with Crippen molar-refractivity contribution < 1.29 is 22.7 Å². The van der Waals surface area contributed by atoms with E-state index in [0.717, 1.165) is 20.5 Å². The molecule has 0 unspecified atom stereocenters. The van der Waals surface area contributed by atoms with Gasteiger partial charge in [0.25, 0.3) is 10.0 Å². The van der Waals surface area contributed by atoms with Gasteiger partial charge in [-0.15, -0.1) is 11.8 Å². The molecule has 1 amide bonds. The average molecular weight is 529 g/mol. The Bertz CT molecular complexity index is 1260. The van der Waals surface area contributed by atoms with Crippen LogP contribution in [0.5, 0.6) is 11.5 Å². The van der Waals surface area contributed by atoms with Crippen molar-refractivity contribution in [3.63, 3.8) is 0 Å². The minimum atomic E-state index is -3.99. The third-order valence-corrected chi connectivity index (χ3v) is 8.07. The number of carbonyl (C=O) groups is 1. The fraction of sp³-hybridized carbons (Fsp3) is 0.296. The van der Waals surface area contributed by atoms with Crippen LogP contribution in [0.25, 0.3) is 0 Å². The maximum Gasteiger partial charge on any atom is 0.264 e. The summed E-state index contributed by atoms with van der Waals surface area (Å²) >= 11 is 1.52. The normalized spacial score (nSPS) is 11.1. The first-order chi connectivity index (χ1) is 17.2. The zero-order valence-corrected chi connectivity index (χ0v) is 22.6. The molecule has 1 N–H and O–H groups in total. The highest BCUT2D eigenvalue weighted by Gasteiger charge is 2.27. The van der Waals surface area contributed by atoms with Crippen molar-refractivity contribution in [2.75, 3.05) is 36.9 Å². The van der Waals surface area contributed by atoms with Gasteiger partial charge in [-0.25, -0.2) is 8.42 Å². The molecule has 0 saturated carbocycles. The lowest BCUT2D eigenvalue weighted by molar-refractivity contribution is -0.119. The van der Waals surface area contributed by atoms with Crippen LogP contribution in [0.4, 0.5) is 5.69 Å². The number of amides is 1. The number of anilines is 1. The molecule has 0 fully saturated rings. The number of nitrogens with one attached hydrogen (secondary N) is 1. The monoisotopic (exact) mass is 528 g/mol. The lowest BCUT2D eigenvalue weighted by atomic mass is 10.1. The van der Waals surface area contributed by atoms with Gasteiger partial charge < -0.3 is 14.8 Å². The largest absolute Gasteiger partial charge is 0.494 e. The highest BCUT2D eigenvalue weighted by molar-refractivity contribution is 7.98. The van der Waals surface area contributed by atoms with Crippen LogP contribution in [-0.2, 0) is 14.8 Å². The average Bonchev–Trinajstić information content (AvgIpc) is 2.88. The fourth-order valence-electron chi connectivity index (χ4n) is 3.41. The van der Waals surface area contributed by atoms with Crippen molar-refractivity contribution in [1.82, 2.24) is 5.32 Å². The topological polar surface area (TPSA) is 84.9 Å². The molecule has 0 aliphatic carbocycles. The van der Waals surface area contributed by atoms with E-state index < -0.39 is 15.9 Å². The van der Waals surface area contributed by atoms with Gasteiger partial charge in [0.1, 0.15) is 24.7 Å². The second-order valence-corrected chi connectivity index (χ2v) is 10.8. The molecule has 0 aliphatic rings. The van der Waals surface area contributed by atoms with E-state index in [2.05, 4.69) is 5.32 Å². The minimum absolute atomic E-state index is 0.111. The maximum atomic E-state index is 13.5. The van der Waals surface area contributed by atoms with Gasteiger partial charge in [-0.2, -0.15) is 0 Å². The molecule has 9 heteroatoms. The second kappa shape index (κ2) is 12.7. The highest BCUT2D eigenvalue weighted by atomic mass is 32.2. The summed E-state index contributed by atoms with van der Waals surface area (Å²) in [5.74, 6) is 0.910. The lowest BCUT2D eigenvalue weighted by Crippen LogP contribution is -2.41. The van der Waals surface area contributed by atoms with Crippen LogP contribution in [0.15, 0.2) is 76.5 Å². The Hall–Kier alpha value is -3.17. The zero-order valence-electron chi connectivity index (χ0n) is 21.0. The van der Waals surface area contributed by atoms with Crippen molar-refractivity contribution in [2.24, 2.45) is 0 Å². The molecular formula is C27H32N2O5S2. The van der Waals surface area contributed by atoms with Crippen molar-refractivity contribution in [1.29, 1.82) is 0 Å². The number of carbonyl (C=O) groups excluding carboxylic acids is 1. The second-order valence-electron chi connectivity index (χ2n) is 8.06. The quantitative estimate of drug-likeness (QED) is 0.268. The first-order valence-electron chi connectivity index (χ1n) is 11.6. The molecule has 0 aliphatic heterocycles.